The van der Waals surface area contributed by atoms with Gasteiger partial charge in [-0.1, -0.05) is 23.9 Å². The van der Waals surface area contributed by atoms with Gasteiger partial charge in [-0.05, 0) is 55.8 Å². The maximum absolute atomic E-state index is 12.4. The number of aliphatic imine (C=N–C) groups is 1. The van der Waals surface area contributed by atoms with Crippen LogP contribution in [0.15, 0.2) is 63.7 Å². The smallest absolute Gasteiger partial charge is 0.344 e. The molecule has 3 N–H and O–H groups in total. The molecule has 1 heterocycles. The van der Waals surface area contributed by atoms with Gasteiger partial charge in [0.15, 0.2) is 0 Å². The van der Waals surface area contributed by atoms with Crippen molar-refractivity contribution < 1.29 is 24.9 Å². The van der Waals surface area contributed by atoms with E-state index in [-0.39, 0.29) is 29.4 Å². The number of aliphatic hydroxyl groups excluding tert-OH is 1. The third kappa shape index (κ3) is 4.20. The number of nitrogens with zero attached hydrogens (tertiary/aromatic N) is 1. The first kappa shape index (κ1) is 19.6. The summed E-state index contributed by atoms with van der Waals surface area (Å²) in [4.78, 5) is 17.2. The van der Waals surface area contributed by atoms with Gasteiger partial charge < -0.3 is 20.1 Å². The predicted molar refractivity (Wildman–Crippen MR) is 110 cm³/mol. The number of phenols is 2. The van der Waals surface area contributed by atoms with Crippen LogP contribution in [0.2, 0.25) is 0 Å². The zero-order valence-electron chi connectivity index (χ0n) is 15.3. The lowest BCUT2D eigenvalue weighted by Crippen LogP contribution is -2.12. The van der Waals surface area contributed by atoms with Crippen LogP contribution in [-0.2, 0) is 9.53 Å². The molecule has 0 amide bonds. The lowest BCUT2D eigenvalue weighted by Gasteiger charge is -2.04. The average Bonchev–Trinajstić information content (AvgIpc) is 2.93. The summed E-state index contributed by atoms with van der Waals surface area (Å²) in [5, 5.41) is 30.6. The highest BCUT2D eigenvalue weighted by Crippen LogP contribution is 2.41. The Hall–Kier alpha value is -3.19. The van der Waals surface area contributed by atoms with Gasteiger partial charge in [0, 0.05) is 5.56 Å². The Morgan fingerprint density at radius 2 is 1.96 bits per heavy atom. The quantitative estimate of drug-likeness (QED) is 0.515. The van der Waals surface area contributed by atoms with Gasteiger partial charge in [-0.25, -0.2) is 9.79 Å². The fourth-order valence-corrected chi connectivity index (χ4v) is 3.63. The third-order valence-corrected chi connectivity index (χ3v) is 4.92. The van der Waals surface area contributed by atoms with Crippen LogP contribution in [0.1, 0.15) is 18.1 Å². The molecule has 0 radical (unpaired) electrons. The largest absolute Gasteiger partial charge is 0.508 e. The van der Waals surface area contributed by atoms with E-state index in [4.69, 9.17) is 4.74 Å². The number of carbonyl (C=O) groups excluding carboxylic acids is 1. The number of hydrogen-bond donors (Lipinski definition) is 3. The van der Waals surface area contributed by atoms with Gasteiger partial charge in [0.05, 0.1) is 17.2 Å². The molecule has 0 bridgehead atoms. The van der Waals surface area contributed by atoms with E-state index in [0.29, 0.717) is 21.2 Å². The Bertz CT molecular complexity index is 1020. The Morgan fingerprint density at radius 3 is 2.68 bits per heavy atom. The van der Waals surface area contributed by atoms with Crippen molar-refractivity contribution in [1.29, 1.82) is 0 Å². The third-order valence-electron chi connectivity index (χ3n) is 3.90. The number of carbonyl (C=O) groups is 1. The summed E-state index contributed by atoms with van der Waals surface area (Å²) < 4.78 is 5.06. The Kier molecular flexibility index (Phi) is 5.75. The molecule has 0 saturated carbocycles. The number of aliphatic hydroxyl groups is 1. The minimum absolute atomic E-state index is 0.0285. The van der Waals surface area contributed by atoms with Crippen molar-refractivity contribution in [3.63, 3.8) is 0 Å². The molecule has 0 aromatic heterocycles. The van der Waals surface area contributed by atoms with Crippen LogP contribution in [-0.4, -0.2) is 32.9 Å². The number of ether oxygens (including phenoxy) is 1. The molecule has 28 heavy (non-hydrogen) atoms. The van der Waals surface area contributed by atoms with Crippen LogP contribution in [0.25, 0.3) is 6.08 Å². The number of hydrogen-bond acceptors (Lipinski definition) is 7. The van der Waals surface area contributed by atoms with E-state index in [0.717, 1.165) is 17.3 Å². The Balaban J connectivity index is 2.08. The van der Waals surface area contributed by atoms with E-state index in [9.17, 15) is 20.1 Å². The van der Waals surface area contributed by atoms with E-state index >= 15 is 0 Å². The lowest BCUT2D eigenvalue weighted by atomic mass is 10.1. The maximum Gasteiger partial charge on any atom is 0.344 e. The minimum Gasteiger partial charge on any atom is -0.508 e. The second-order valence-electron chi connectivity index (χ2n) is 6.05. The molecule has 2 aromatic rings. The van der Waals surface area contributed by atoms with Gasteiger partial charge in [-0.15, -0.1) is 0 Å². The molecule has 0 atom stereocenters. The van der Waals surface area contributed by atoms with Crippen LogP contribution in [0.5, 0.6) is 11.5 Å². The highest BCUT2D eigenvalue weighted by molar-refractivity contribution is 8.18. The number of phenolic OH excluding ortho intramolecular Hbond substituents is 2. The van der Waals surface area contributed by atoms with Gasteiger partial charge in [0.2, 0.25) is 0 Å². The summed E-state index contributed by atoms with van der Waals surface area (Å²) in [6, 6.07) is 11.5. The van der Waals surface area contributed by atoms with Crippen molar-refractivity contribution in [3.8, 4) is 11.5 Å². The molecule has 7 heteroatoms. The van der Waals surface area contributed by atoms with Crippen molar-refractivity contribution in [2.75, 3.05) is 6.61 Å². The molecule has 3 rings (SSSR count). The number of benzene rings is 2. The van der Waals surface area contributed by atoms with E-state index in [1.54, 1.807) is 13.0 Å². The number of aromatic hydroxyl groups is 2. The first-order valence-electron chi connectivity index (χ1n) is 8.57. The van der Waals surface area contributed by atoms with Crippen LogP contribution in [0.3, 0.4) is 0 Å². The second-order valence-corrected chi connectivity index (χ2v) is 7.08. The predicted octanol–water partition coefficient (Wildman–Crippen LogP) is 4.60. The summed E-state index contributed by atoms with van der Waals surface area (Å²) in [7, 11) is 0. The molecule has 144 valence electrons. The molecule has 0 fully saturated rings. The maximum atomic E-state index is 12.4. The normalized spacial score (nSPS) is 16.8. The molecule has 0 spiro atoms. The SMILES string of the molecule is CCOC(=O)C1=C(O)C(=Cc2cc(O)ccc2O)SC1=Nc1cccc(C)c1. The van der Waals surface area contributed by atoms with E-state index in [1.165, 1.54) is 24.3 Å². The van der Waals surface area contributed by atoms with Crippen molar-refractivity contribution >= 4 is 34.5 Å². The van der Waals surface area contributed by atoms with Gasteiger partial charge in [0.1, 0.15) is 27.9 Å². The zero-order chi connectivity index (χ0) is 20.3. The average molecular weight is 397 g/mol. The standard InChI is InChI=1S/C21H19NO5S/c1-3-27-21(26)18-19(25)17(11-13-10-15(23)7-8-16(13)24)28-20(18)22-14-6-4-5-12(2)9-14/h4-11,23-25H,3H2,1-2H3. The molecule has 1 aliphatic heterocycles. The van der Waals surface area contributed by atoms with Gasteiger partial charge in [0.25, 0.3) is 0 Å². The lowest BCUT2D eigenvalue weighted by molar-refractivity contribution is -0.138. The fraction of sp³-hybridized carbons (Fsp3) is 0.143. The molecule has 2 aromatic carbocycles. The summed E-state index contributed by atoms with van der Waals surface area (Å²) in [5.41, 5.74) is 1.92. The number of rotatable bonds is 4. The van der Waals surface area contributed by atoms with E-state index in [1.807, 2.05) is 25.1 Å². The number of thioether (sulfide) groups is 1. The summed E-state index contributed by atoms with van der Waals surface area (Å²) in [5.74, 6) is -1.06. The zero-order valence-corrected chi connectivity index (χ0v) is 16.2. The first-order valence-corrected chi connectivity index (χ1v) is 9.38. The topological polar surface area (TPSA) is 99.4 Å². The number of esters is 1. The van der Waals surface area contributed by atoms with E-state index < -0.39 is 5.97 Å². The van der Waals surface area contributed by atoms with Crippen molar-refractivity contribution in [3.05, 3.63) is 69.8 Å². The molecular formula is C21H19NO5S. The van der Waals surface area contributed by atoms with Crippen LogP contribution >= 0.6 is 11.8 Å². The molecule has 0 unspecified atom stereocenters. The Labute approximate surface area is 166 Å². The van der Waals surface area contributed by atoms with Crippen molar-refractivity contribution in [2.24, 2.45) is 4.99 Å². The van der Waals surface area contributed by atoms with Gasteiger partial charge in [-0.2, -0.15) is 0 Å². The summed E-state index contributed by atoms with van der Waals surface area (Å²) in [6.45, 7) is 3.77. The molecule has 1 aliphatic rings. The minimum atomic E-state index is -0.678. The van der Waals surface area contributed by atoms with Crippen LogP contribution < -0.4 is 0 Å². The second kappa shape index (κ2) is 8.22. The molecular weight excluding hydrogens is 378 g/mol. The van der Waals surface area contributed by atoms with Crippen molar-refractivity contribution in [2.45, 2.75) is 13.8 Å². The van der Waals surface area contributed by atoms with Gasteiger partial charge in [-0.3, -0.25) is 0 Å². The Morgan fingerprint density at radius 1 is 1.18 bits per heavy atom. The van der Waals surface area contributed by atoms with Crippen LogP contribution in [0, 0.1) is 6.92 Å². The van der Waals surface area contributed by atoms with Gasteiger partial charge >= 0.3 is 5.97 Å². The fourth-order valence-electron chi connectivity index (χ4n) is 2.61. The van der Waals surface area contributed by atoms with Crippen molar-refractivity contribution in [1.82, 2.24) is 0 Å². The van der Waals surface area contributed by atoms with E-state index in [2.05, 4.69) is 4.99 Å². The summed E-state index contributed by atoms with van der Waals surface area (Å²) >= 11 is 1.08. The molecule has 0 saturated heterocycles. The monoisotopic (exact) mass is 397 g/mol. The molecule has 6 nitrogen and oxygen atoms in total. The highest BCUT2D eigenvalue weighted by atomic mass is 32.2. The first-order chi connectivity index (χ1) is 13.4. The van der Waals surface area contributed by atoms with Crippen LogP contribution in [0.4, 0.5) is 5.69 Å². The highest BCUT2D eigenvalue weighted by Gasteiger charge is 2.33. The number of aryl methyl sites for hydroxylation is 1. The molecule has 0 aliphatic carbocycles. The summed E-state index contributed by atoms with van der Waals surface area (Å²) in [6.07, 6.45) is 1.48.